The Morgan fingerprint density at radius 1 is 1.32 bits per heavy atom. The smallest absolute Gasteiger partial charge is 0.261 e. The quantitative estimate of drug-likeness (QED) is 0.883. The van der Waals surface area contributed by atoms with Crippen molar-refractivity contribution in [3.63, 3.8) is 0 Å². The van der Waals surface area contributed by atoms with Crippen LogP contribution in [0.5, 0.6) is 5.75 Å². The highest BCUT2D eigenvalue weighted by molar-refractivity contribution is 6.04. The van der Waals surface area contributed by atoms with Crippen LogP contribution in [0.4, 0.5) is 5.69 Å². The molecule has 2 aromatic rings. The zero-order chi connectivity index (χ0) is 13.8. The minimum Gasteiger partial charge on any atom is -0.495 e. The summed E-state index contributed by atoms with van der Waals surface area (Å²) in [5.41, 5.74) is 0.981. The molecule has 0 aliphatic rings. The molecule has 1 heterocycles. The number of benzene rings is 1. The van der Waals surface area contributed by atoms with E-state index in [1.165, 1.54) is 19.4 Å². The lowest BCUT2D eigenvalue weighted by molar-refractivity contribution is 0.102. The second kappa shape index (κ2) is 5.39. The topological polar surface area (TPSA) is 71.2 Å². The van der Waals surface area contributed by atoms with Gasteiger partial charge in [0.25, 0.3) is 5.91 Å². The number of H-pyrrole nitrogens is 1. The molecule has 0 aliphatic heterocycles. The largest absolute Gasteiger partial charge is 0.495 e. The van der Waals surface area contributed by atoms with E-state index < -0.39 is 5.91 Å². The molecule has 1 amide bonds. The second-order valence-corrected chi connectivity index (χ2v) is 4.05. The van der Waals surface area contributed by atoms with Crippen molar-refractivity contribution in [2.24, 2.45) is 0 Å². The van der Waals surface area contributed by atoms with Crippen molar-refractivity contribution in [1.82, 2.24) is 4.98 Å². The summed E-state index contributed by atoms with van der Waals surface area (Å²) in [6, 6.07) is 8.40. The molecule has 5 nitrogen and oxygen atoms in total. The van der Waals surface area contributed by atoms with Crippen molar-refractivity contribution in [3.8, 4) is 5.75 Å². The maximum atomic E-state index is 12.0. The van der Waals surface area contributed by atoms with Crippen LogP contribution in [0.3, 0.4) is 0 Å². The molecule has 1 aromatic heterocycles. The highest BCUT2D eigenvalue weighted by Crippen LogP contribution is 2.23. The lowest BCUT2D eigenvalue weighted by atomic mass is 10.2. The molecule has 2 rings (SSSR count). The summed E-state index contributed by atoms with van der Waals surface area (Å²) in [6.07, 6.45) is 1.41. The van der Waals surface area contributed by atoms with Crippen LogP contribution in [0.15, 0.2) is 41.3 Å². The fourth-order valence-corrected chi connectivity index (χ4v) is 1.69. The molecule has 2 N–H and O–H groups in total. The average molecular weight is 258 g/mol. The number of rotatable bonds is 3. The Kier molecular flexibility index (Phi) is 3.66. The van der Waals surface area contributed by atoms with Crippen molar-refractivity contribution >= 4 is 11.6 Å². The molecule has 0 saturated carbocycles. The first-order valence-electron chi connectivity index (χ1n) is 5.75. The van der Waals surface area contributed by atoms with Gasteiger partial charge in [-0.1, -0.05) is 12.1 Å². The molecule has 5 heteroatoms. The van der Waals surface area contributed by atoms with Gasteiger partial charge < -0.3 is 15.0 Å². The first-order chi connectivity index (χ1) is 9.11. The van der Waals surface area contributed by atoms with E-state index in [4.69, 9.17) is 4.74 Å². The Hall–Kier alpha value is -2.56. The second-order valence-electron chi connectivity index (χ2n) is 4.05. The summed E-state index contributed by atoms with van der Waals surface area (Å²) in [5, 5.41) is 2.65. The third-order valence-electron chi connectivity index (χ3n) is 2.66. The van der Waals surface area contributed by atoms with Gasteiger partial charge in [0, 0.05) is 18.0 Å². The van der Waals surface area contributed by atoms with E-state index in [-0.39, 0.29) is 11.0 Å². The Labute approximate surface area is 110 Å². The number of carbonyl (C=O) groups is 1. The molecular weight excluding hydrogens is 244 g/mol. The number of para-hydroxylation sites is 2. The Bertz CT molecular complexity index is 662. The zero-order valence-corrected chi connectivity index (χ0v) is 10.7. The maximum Gasteiger partial charge on any atom is 0.261 e. The third-order valence-corrected chi connectivity index (χ3v) is 2.66. The van der Waals surface area contributed by atoms with Crippen LogP contribution >= 0.6 is 0 Å². The minimum atomic E-state index is -0.467. The normalized spacial score (nSPS) is 10.0. The summed E-state index contributed by atoms with van der Waals surface area (Å²) in [7, 11) is 1.52. The Morgan fingerprint density at radius 3 is 2.74 bits per heavy atom. The number of hydrogen-bond donors (Lipinski definition) is 2. The molecule has 0 radical (unpaired) electrons. The molecule has 98 valence electrons. The maximum absolute atomic E-state index is 12.0. The molecule has 0 unspecified atom stereocenters. The third kappa shape index (κ3) is 2.82. The summed E-state index contributed by atoms with van der Waals surface area (Å²) in [6.45, 7) is 1.75. The van der Waals surface area contributed by atoms with Crippen LogP contribution in [0.25, 0.3) is 0 Å². The number of carbonyl (C=O) groups excluding carboxylic acids is 1. The number of aromatic nitrogens is 1. The van der Waals surface area contributed by atoms with E-state index in [1.54, 1.807) is 31.2 Å². The van der Waals surface area contributed by atoms with Gasteiger partial charge in [-0.15, -0.1) is 0 Å². The number of amides is 1. The fraction of sp³-hybridized carbons (Fsp3) is 0.143. The summed E-state index contributed by atoms with van der Waals surface area (Å²) in [5.74, 6) is 0.0742. The van der Waals surface area contributed by atoms with Gasteiger partial charge in [0.2, 0.25) is 0 Å². The first-order valence-corrected chi connectivity index (χ1v) is 5.75. The number of aromatic amines is 1. The molecule has 0 atom stereocenters. The van der Waals surface area contributed by atoms with E-state index in [9.17, 15) is 9.59 Å². The van der Waals surface area contributed by atoms with E-state index in [1.807, 2.05) is 0 Å². The number of aryl methyl sites for hydroxylation is 1. The number of nitrogens with one attached hydrogen (secondary N) is 2. The number of pyridine rings is 1. The molecule has 0 fully saturated rings. The zero-order valence-electron chi connectivity index (χ0n) is 10.7. The van der Waals surface area contributed by atoms with Crippen LogP contribution in [0, 0.1) is 6.92 Å². The van der Waals surface area contributed by atoms with Crippen LogP contribution in [-0.4, -0.2) is 18.0 Å². The lowest BCUT2D eigenvalue weighted by Gasteiger charge is -2.09. The van der Waals surface area contributed by atoms with Gasteiger partial charge >= 0.3 is 0 Å². The van der Waals surface area contributed by atoms with Crippen molar-refractivity contribution in [2.75, 3.05) is 12.4 Å². The first kappa shape index (κ1) is 12.9. The predicted octanol–water partition coefficient (Wildman–Crippen LogP) is 1.94. The molecule has 1 aromatic carbocycles. The monoisotopic (exact) mass is 258 g/mol. The van der Waals surface area contributed by atoms with Gasteiger partial charge in [-0.3, -0.25) is 9.59 Å². The van der Waals surface area contributed by atoms with Gasteiger partial charge in [-0.2, -0.15) is 0 Å². The summed E-state index contributed by atoms with van der Waals surface area (Å²) >= 11 is 0. The van der Waals surface area contributed by atoms with Crippen LogP contribution in [-0.2, 0) is 0 Å². The molecule has 19 heavy (non-hydrogen) atoms. The number of ether oxygens (including phenoxy) is 1. The Morgan fingerprint density at radius 2 is 2.05 bits per heavy atom. The number of methoxy groups -OCH3 is 1. The van der Waals surface area contributed by atoms with E-state index in [0.717, 1.165) is 0 Å². The van der Waals surface area contributed by atoms with Gasteiger partial charge in [0.15, 0.2) is 5.43 Å². The molecule has 0 aliphatic carbocycles. The van der Waals surface area contributed by atoms with Gasteiger partial charge in [0.1, 0.15) is 11.3 Å². The standard InChI is InChI=1S/C14H14N2O3/c1-9-7-12(17)10(8-15-9)14(18)16-11-5-3-4-6-13(11)19-2/h3-8H,1-2H3,(H,15,17)(H,16,18). The van der Waals surface area contributed by atoms with Crippen molar-refractivity contribution < 1.29 is 9.53 Å². The van der Waals surface area contributed by atoms with Crippen LogP contribution in [0.2, 0.25) is 0 Å². The van der Waals surface area contributed by atoms with Crippen LogP contribution in [0.1, 0.15) is 16.1 Å². The molecule has 0 bridgehead atoms. The van der Waals surface area contributed by atoms with E-state index in [2.05, 4.69) is 10.3 Å². The van der Waals surface area contributed by atoms with Crippen molar-refractivity contribution in [3.05, 3.63) is 58.0 Å². The Balaban J connectivity index is 2.28. The summed E-state index contributed by atoms with van der Waals surface area (Å²) < 4.78 is 5.13. The highest BCUT2D eigenvalue weighted by atomic mass is 16.5. The molecule has 0 spiro atoms. The average Bonchev–Trinajstić information content (AvgIpc) is 2.39. The van der Waals surface area contributed by atoms with Crippen LogP contribution < -0.4 is 15.5 Å². The van der Waals surface area contributed by atoms with Gasteiger partial charge in [-0.05, 0) is 19.1 Å². The summed E-state index contributed by atoms with van der Waals surface area (Å²) in [4.78, 5) is 26.6. The van der Waals surface area contributed by atoms with Crippen molar-refractivity contribution in [1.29, 1.82) is 0 Å². The minimum absolute atomic E-state index is 0.0662. The highest BCUT2D eigenvalue weighted by Gasteiger charge is 2.12. The number of hydrogen-bond acceptors (Lipinski definition) is 3. The number of anilines is 1. The lowest BCUT2D eigenvalue weighted by Crippen LogP contribution is -2.21. The van der Waals surface area contributed by atoms with Gasteiger partial charge in [-0.25, -0.2) is 0 Å². The van der Waals surface area contributed by atoms with Gasteiger partial charge in [0.05, 0.1) is 12.8 Å². The van der Waals surface area contributed by atoms with E-state index in [0.29, 0.717) is 17.1 Å². The van der Waals surface area contributed by atoms with Crippen molar-refractivity contribution in [2.45, 2.75) is 6.92 Å². The predicted molar refractivity (Wildman–Crippen MR) is 72.7 cm³/mol. The SMILES string of the molecule is COc1ccccc1NC(=O)c1c[nH]c(C)cc1=O. The van der Waals surface area contributed by atoms with E-state index >= 15 is 0 Å². The molecular formula is C14H14N2O3. The fourth-order valence-electron chi connectivity index (χ4n) is 1.69. The molecule has 0 saturated heterocycles.